The van der Waals surface area contributed by atoms with E-state index in [-0.39, 0.29) is 23.6 Å². The monoisotopic (exact) mass is 469 g/mol. The SMILES string of the molecule is C=CCCCOc1cc(C(=O)NCC(F)(F)F)ccc1-n1cc(C(=O)NCCOCC)nn1. The molecular formula is C21H26F3N5O4. The number of benzene rings is 1. The number of amides is 2. The van der Waals surface area contributed by atoms with E-state index in [1.54, 1.807) is 6.08 Å². The molecule has 0 fully saturated rings. The molecule has 0 bridgehead atoms. The van der Waals surface area contributed by atoms with Gasteiger partial charge in [-0.3, -0.25) is 9.59 Å². The Bertz CT molecular complexity index is 946. The van der Waals surface area contributed by atoms with Crippen LogP contribution in [-0.4, -0.2) is 65.9 Å². The van der Waals surface area contributed by atoms with Crippen LogP contribution in [0.2, 0.25) is 0 Å². The molecule has 0 aliphatic rings. The number of halogens is 3. The lowest BCUT2D eigenvalue weighted by Crippen LogP contribution is -2.33. The van der Waals surface area contributed by atoms with Crippen molar-refractivity contribution in [1.82, 2.24) is 25.6 Å². The first-order chi connectivity index (χ1) is 15.7. The summed E-state index contributed by atoms with van der Waals surface area (Å²) < 4.78 is 49.4. The lowest BCUT2D eigenvalue weighted by atomic mass is 10.1. The van der Waals surface area contributed by atoms with Crippen molar-refractivity contribution in [2.45, 2.75) is 25.9 Å². The number of nitrogens with one attached hydrogen (secondary N) is 2. The Morgan fingerprint density at radius 1 is 1.21 bits per heavy atom. The molecule has 2 amide bonds. The summed E-state index contributed by atoms with van der Waals surface area (Å²) in [5.74, 6) is -1.15. The topological polar surface area (TPSA) is 107 Å². The standard InChI is InChI=1S/C21H26F3N5O4/c1-3-5-6-10-33-18-12-15(19(30)26-14-21(22,23)24)7-8-17(18)29-13-16(27-28-29)20(31)25-9-11-32-4-2/h3,7-8,12-13H,1,4-6,9-11,14H2,2H3,(H,25,31)(H,26,30). The van der Waals surface area contributed by atoms with E-state index in [1.807, 2.05) is 12.2 Å². The van der Waals surface area contributed by atoms with Crippen LogP contribution >= 0.6 is 0 Å². The number of rotatable bonds is 13. The quantitative estimate of drug-likeness (QED) is 0.345. The molecular weight excluding hydrogens is 443 g/mol. The van der Waals surface area contributed by atoms with Gasteiger partial charge in [0.1, 0.15) is 18.0 Å². The van der Waals surface area contributed by atoms with Gasteiger partial charge in [-0.1, -0.05) is 11.3 Å². The molecule has 0 saturated heterocycles. The predicted octanol–water partition coefficient (Wildman–Crippen LogP) is 2.67. The number of hydrogen-bond donors (Lipinski definition) is 2. The van der Waals surface area contributed by atoms with Crippen molar-refractivity contribution in [2.24, 2.45) is 0 Å². The fraction of sp³-hybridized carbons (Fsp3) is 0.429. The second-order valence-corrected chi connectivity index (χ2v) is 6.76. The zero-order valence-electron chi connectivity index (χ0n) is 18.2. The molecule has 0 saturated carbocycles. The Kier molecular flexibility index (Phi) is 9.85. The summed E-state index contributed by atoms with van der Waals surface area (Å²) >= 11 is 0. The molecule has 1 aromatic heterocycles. The highest BCUT2D eigenvalue weighted by Crippen LogP contribution is 2.25. The van der Waals surface area contributed by atoms with Gasteiger partial charge >= 0.3 is 6.18 Å². The highest BCUT2D eigenvalue weighted by Gasteiger charge is 2.28. The number of hydrogen-bond acceptors (Lipinski definition) is 6. The first kappa shape index (κ1) is 25.8. The molecule has 2 rings (SSSR count). The molecule has 0 unspecified atom stereocenters. The number of alkyl halides is 3. The van der Waals surface area contributed by atoms with Crippen LogP contribution in [0.15, 0.2) is 37.1 Å². The summed E-state index contributed by atoms with van der Waals surface area (Å²) in [5.41, 5.74) is 0.397. The van der Waals surface area contributed by atoms with Crippen molar-refractivity contribution in [3.05, 3.63) is 48.3 Å². The largest absolute Gasteiger partial charge is 0.491 e. The maximum Gasteiger partial charge on any atom is 0.405 e. The third kappa shape index (κ3) is 8.56. The third-order valence-corrected chi connectivity index (χ3v) is 4.19. The van der Waals surface area contributed by atoms with E-state index in [1.165, 1.54) is 29.1 Å². The number of carbonyl (C=O) groups excluding carboxylic acids is 2. The molecule has 12 heteroatoms. The Morgan fingerprint density at radius 2 is 2.00 bits per heavy atom. The Morgan fingerprint density at radius 3 is 2.70 bits per heavy atom. The van der Waals surface area contributed by atoms with Crippen LogP contribution in [0.5, 0.6) is 5.75 Å². The summed E-state index contributed by atoms with van der Waals surface area (Å²) in [4.78, 5) is 24.3. The van der Waals surface area contributed by atoms with Gasteiger partial charge in [0.05, 0.1) is 19.4 Å². The van der Waals surface area contributed by atoms with E-state index in [9.17, 15) is 22.8 Å². The van der Waals surface area contributed by atoms with Crippen LogP contribution in [0, 0.1) is 0 Å². The van der Waals surface area contributed by atoms with E-state index >= 15 is 0 Å². The molecule has 0 aliphatic heterocycles. The minimum absolute atomic E-state index is 0.0178. The summed E-state index contributed by atoms with van der Waals surface area (Å²) in [6.45, 7) is 5.49. The van der Waals surface area contributed by atoms with Crippen LogP contribution in [0.25, 0.3) is 5.69 Å². The average molecular weight is 469 g/mol. The zero-order chi connectivity index (χ0) is 24.3. The molecule has 0 aliphatic carbocycles. The van der Waals surface area contributed by atoms with Gasteiger partial charge in [-0.15, -0.1) is 11.7 Å². The Hall–Kier alpha value is -3.41. The second-order valence-electron chi connectivity index (χ2n) is 6.76. The molecule has 33 heavy (non-hydrogen) atoms. The minimum Gasteiger partial charge on any atom is -0.491 e. The van der Waals surface area contributed by atoms with Gasteiger partial charge in [0.15, 0.2) is 5.69 Å². The third-order valence-electron chi connectivity index (χ3n) is 4.19. The lowest BCUT2D eigenvalue weighted by Gasteiger charge is -2.13. The molecule has 1 heterocycles. The molecule has 0 atom stereocenters. The van der Waals surface area contributed by atoms with Gasteiger partial charge in [0.2, 0.25) is 0 Å². The summed E-state index contributed by atoms with van der Waals surface area (Å²) in [6.07, 6.45) is -0.0980. The van der Waals surface area contributed by atoms with E-state index in [0.717, 1.165) is 0 Å². The number of aromatic nitrogens is 3. The highest BCUT2D eigenvalue weighted by molar-refractivity contribution is 5.95. The first-order valence-corrected chi connectivity index (χ1v) is 10.3. The number of nitrogens with zero attached hydrogens (tertiary/aromatic N) is 3. The summed E-state index contributed by atoms with van der Waals surface area (Å²) in [5, 5.41) is 12.2. The van der Waals surface area contributed by atoms with Gasteiger partial charge in [0.25, 0.3) is 11.8 Å². The van der Waals surface area contributed by atoms with Gasteiger partial charge < -0.3 is 20.1 Å². The van der Waals surface area contributed by atoms with Crippen molar-refractivity contribution in [2.75, 3.05) is 32.9 Å². The molecule has 1 aromatic carbocycles. The molecule has 0 spiro atoms. The normalized spacial score (nSPS) is 11.2. The van der Waals surface area contributed by atoms with E-state index in [4.69, 9.17) is 9.47 Å². The van der Waals surface area contributed by atoms with Crippen LogP contribution in [0.4, 0.5) is 13.2 Å². The minimum atomic E-state index is -4.53. The van der Waals surface area contributed by atoms with Crippen LogP contribution in [-0.2, 0) is 4.74 Å². The van der Waals surface area contributed by atoms with E-state index in [2.05, 4.69) is 22.2 Å². The Labute approximate surface area is 188 Å². The summed E-state index contributed by atoms with van der Waals surface area (Å²) in [6, 6.07) is 4.11. The van der Waals surface area contributed by atoms with Crippen molar-refractivity contribution < 1.29 is 32.2 Å². The average Bonchev–Trinajstić information content (AvgIpc) is 3.27. The smallest absolute Gasteiger partial charge is 0.405 e. The molecule has 0 radical (unpaired) electrons. The Balaban J connectivity index is 2.20. The first-order valence-electron chi connectivity index (χ1n) is 10.3. The number of unbranched alkanes of at least 4 members (excludes halogenated alkanes) is 1. The predicted molar refractivity (Wildman–Crippen MR) is 113 cm³/mol. The van der Waals surface area contributed by atoms with Crippen LogP contribution < -0.4 is 15.4 Å². The number of carbonyl (C=O) groups is 2. The maximum atomic E-state index is 12.4. The zero-order valence-corrected chi connectivity index (χ0v) is 18.2. The van der Waals surface area contributed by atoms with Crippen molar-refractivity contribution in [1.29, 1.82) is 0 Å². The fourth-order valence-corrected chi connectivity index (χ4v) is 2.61. The molecule has 9 nitrogen and oxygen atoms in total. The number of ether oxygens (including phenoxy) is 2. The summed E-state index contributed by atoms with van der Waals surface area (Å²) in [7, 11) is 0. The van der Waals surface area contributed by atoms with Gasteiger partial charge in [-0.05, 0) is 38.0 Å². The second kappa shape index (κ2) is 12.6. The van der Waals surface area contributed by atoms with Crippen molar-refractivity contribution >= 4 is 11.8 Å². The van der Waals surface area contributed by atoms with Crippen LogP contribution in [0.1, 0.15) is 40.6 Å². The van der Waals surface area contributed by atoms with Crippen molar-refractivity contribution in [3.63, 3.8) is 0 Å². The van der Waals surface area contributed by atoms with Gasteiger partial charge in [-0.25, -0.2) is 4.68 Å². The van der Waals surface area contributed by atoms with Crippen LogP contribution in [0.3, 0.4) is 0 Å². The number of allylic oxidation sites excluding steroid dienone is 1. The molecule has 180 valence electrons. The molecule has 2 aromatic rings. The van der Waals surface area contributed by atoms with E-state index < -0.39 is 24.5 Å². The lowest BCUT2D eigenvalue weighted by molar-refractivity contribution is -0.123. The highest BCUT2D eigenvalue weighted by atomic mass is 19.4. The van der Waals surface area contributed by atoms with Crippen molar-refractivity contribution in [3.8, 4) is 11.4 Å². The van der Waals surface area contributed by atoms with Gasteiger partial charge in [-0.2, -0.15) is 13.2 Å². The maximum absolute atomic E-state index is 12.4. The van der Waals surface area contributed by atoms with Gasteiger partial charge in [0, 0.05) is 18.7 Å². The fourth-order valence-electron chi connectivity index (χ4n) is 2.61. The van der Waals surface area contributed by atoms with E-state index in [0.29, 0.717) is 38.3 Å². The molecule has 2 N–H and O–H groups in total.